The molecule has 14 heavy (non-hydrogen) atoms. The summed E-state index contributed by atoms with van der Waals surface area (Å²) in [7, 11) is 0. The molecule has 0 aliphatic rings. The summed E-state index contributed by atoms with van der Waals surface area (Å²) < 4.78 is 40.5. The average molecular weight is 209 g/mol. The minimum Gasteiger partial charge on any atom is -0.337 e. The van der Waals surface area contributed by atoms with Crippen molar-refractivity contribution in [3.05, 3.63) is 11.7 Å². The molecule has 1 rings (SSSR count). The van der Waals surface area contributed by atoms with E-state index in [0.717, 1.165) is 6.42 Å². The molecule has 1 unspecified atom stereocenters. The molecule has 1 aromatic rings. The van der Waals surface area contributed by atoms with Gasteiger partial charge < -0.3 is 10.3 Å². The summed E-state index contributed by atoms with van der Waals surface area (Å²) in [6.45, 7) is 1.86. The fraction of sp³-hybridized carbons (Fsp3) is 0.714. The van der Waals surface area contributed by atoms with Gasteiger partial charge >= 0.3 is 6.18 Å². The van der Waals surface area contributed by atoms with Gasteiger partial charge in [0.05, 0.1) is 6.04 Å². The minimum atomic E-state index is -4.58. The van der Waals surface area contributed by atoms with Gasteiger partial charge in [-0.05, 0) is 6.42 Å². The molecule has 1 heterocycles. The van der Waals surface area contributed by atoms with Crippen LogP contribution in [0.3, 0.4) is 0 Å². The molecule has 1 aromatic heterocycles. The molecule has 4 nitrogen and oxygen atoms in total. The SMILES string of the molecule is CCCC(N)c1nc(C(F)(F)F)no1. The Morgan fingerprint density at radius 1 is 1.50 bits per heavy atom. The van der Waals surface area contributed by atoms with Gasteiger partial charge in [0, 0.05) is 0 Å². The van der Waals surface area contributed by atoms with Gasteiger partial charge in [0.15, 0.2) is 0 Å². The van der Waals surface area contributed by atoms with Gasteiger partial charge in [-0.15, -0.1) is 0 Å². The Morgan fingerprint density at radius 3 is 2.57 bits per heavy atom. The number of nitrogens with two attached hydrogens (primary N) is 1. The molecule has 0 spiro atoms. The lowest BCUT2D eigenvalue weighted by Crippen LogP contribution is -2.12. The van der Waals surface area contributed by atoms with Crippen LogP contribution in [0.5, 0.6) is 0 Å². The van der Waals surface area contributed by atoms with Crippen molar-refractivity contribution in [1.29, 1.82) is 0 Å². The zero-order valence-electron chi connectivity index (χ0n) is 7.51. The number of alkyl halides is 3. The first-order valence-electron chi connectivity index (χ1n) is 4.11. The Hall–Kier alpha value is -1.11. The van der Waals surface area contributed by atoms with Crippen molar-refractivity contribution >= 4 is 0 Å². The number of halogens is 3. The summed E-state index contributed by atoms with van der Waals surface area (Å²) in [6, 6.07) is -0.622. The third-order valence-corrected chi connectivity index (χ3v) is 1.61. The molecule has 0 radical (unpaired) electrons. The predicted octanol–water partition coefficient (Wildman–Crippen LogP) is 1.89. The van der Waals surface area contributed by atoms with Crippen LogP contribution in [0.1, 0.15) is 37.5 Å². The molecule has 1 atom stereocenters. The van der Waals surface area contributed by atoms with Crippen molar-refractivity contribution in [2.45, 2.75) is 32.0 Å². The van der Waals surface area contributed by atoms with Crippen LogP contribution in [0, 0.1) is 0 Å². The van der Waals surface area contributed by atoms with E-state index in [1.807, 2.05) is 6.92 Å². The highest BCUT2D eigenvalue weighted by Crippen LogP contribution is 2.27. The number of aromatic nitrogens is 2. The molecule has 2 N–H and O–H groups in total. The maximum Gasteiger partial charge on any atom is 0.455 e. The zero-order valence-corrected chi connectivity index (χ0v) is 7.51. The lowest BCUT2D eigenvalue weighted by atomic mass is 10.2. The summed E-state index contributed by atoms with van der Waals surface area (Å²) in [5.74, 6) is -1.45. The van der Waals surface area contributed by atoms with Crippen molar-refractivity contribution in [3.63, 3.8) is 0 Å². The van der Waals surface area contributed by atoms with E-state index in [1.165, 1.54) is 0 Å². The molecule has 0 aliphatic carbocycles. The first-order valence-corrected chi connectivity index (χ1v) is 4.11. The fourth-order valence-corrected chi connectivity index (χ4v) is 0.935. The van der Waals surface area contributed by atoms with Gasteiger partial charge in [0.1, 0.15) is 0 Å². The first kappa shape index (κ1) is 11.0. The van der Waals surface area contributed by atoms with E-state index in [9.17, 15) is 13.2 Å². The highest BCUT2D eigenvalue weighted by Gasteiger charge is 2.37. The number of rotatable bonds is 3. The van der Waals surface area contributed by atoms with E-state index in [0.29, 0.717) is 6.42 Å². The molecule has 0 aromatic carbocycles. The highest BCUT2D eigenvalue weighted by molar-refractivity contribution is 4.94. The van der Waals surface area contributed by atoms with Gasteiger partial charge in [-0.3, -0.25) is 0 Å². The van der Waals surface area contributed by atoms with Crippen molar-refractivity contribution in [3.8, 4) is 0 Å². The predicted molar refractivity (Wildman–Crippen MR) is 41.1 cm³/mol. The molecule has 0 fully saturated rings. The molecule has 0 saturated heterocycles. The number of hydrogen-bond donors (Lipinski definition) is 1. The molecule has 0 saturated carbocycles. The molecule has 7 heteroatoms. The van der Waals surface area contributed by atoms with Crippen LogP contribution in [-0.2, 0) is 6.18 Å². The van der Waals surface area contributed by atoms with Gasteiger partial charge in [-0.1, -0.05) is 18.5 Å². The maximum absolute atomic E-state index is 12.0. The second-order valence-electron chi connectivity index (χ2n) is 2.85. The Bertz CT molecular complexity index is 297. The van der Waals surface area contributed by atoms with Crippen molar-refractivity contribution in [2.24, 2.45) is 5.73 Å². The van der Waals surface area contributed by atoms with Crippen LogP contribution in [0.25, 0.3) is 0 Å². The van der Waals surface area contributed by atoms with Crippen molar-refractivity contribution in [1.82, 2.24) is 10.1 Å². The standard InChI is InChI=1S/C7H10F3N3O/c1-2-3-4(11)5-12-6(13-14-5)7(8,9)10/h4H,2-3,11H2,1H3. The van der Waals surface area contributed by atoms with Gasteiger partial charge in [0.25, 0.3) is 5.82 Å². The monoisotopic (exact) mass is 209 g/mol. The normalized spacial score (nSPS) is 14.4. The number of nitrogens with zero attached hydrogens (tertiary/aromatic N) is 2. The molecule has 80 valence electrons. The summed E-state index contributed by atoms with van der Waals surface area (Å²) >= 11 is 0. The maximum atomic E-state index is 12.0. The van der Waals surface area contributed by atoms with Gasteiger partial charge in [0.2, 0.25) is 5.89 Å². The lowest BCUT2D eigenvalue weighted by molar-refractivity contribution is -0.146. The smallest absolute Gasteiger partial charge is 0.337 e. The molecule has 0 amide bonds. The minimum absolute atomic E-state index is 0.167. The third-order valence-electron chi connectivity index (χ3n) is 1.61. The van der Waals surface area contributed by atoms with E-state index in [4.69, 9.17) is 5.73 Å². The topological polar surface area (TPSA) is 64.9 Å². The van der Waals surface area contributed by atoms with Crippen LogP contribution >= 0.6 is 0 Å². The van der Waals surface area contributed by atoms with E-state index in [-0.39, 0.29) is 5.89 Å². The lowest BCUT2D eigenvalue weighted by Gasteiger charge is -2.02. The Balaban J connectivity index is 2.78. The van der Waals surface area contributed by atoms with E-state index < -0.39 is 18.0 Å². The van der Waals surface area contributed by atoms with Crippen LogP contribution in [0.2, 0.25) is 0 Å². The van der Waals surface area contributed by atoms with E-state index >= 15 is 0 Å². The van der Waals surface area contributed by atoms with Crippen molar-refractivity contribution in [2.75, 3.05) is 0 Å². The second kappa shape index (κ2) is 3.95. The van der Waals surface area contributed by atoms with Gasteiger partial charge in [-0.25, -0.2) is 0 Å². The molecule has 0 bridgehead atoms. The molecule has 0 aliphatic heterocycles. The van der Waals surface area contributed by atoms with Gasteiger partial charge in [-0.2, -0.15) is 18.2 Å². The summed E-state index contributed by atoms with van der Waals surface area (Å²) in [5, 5.41) is 2.80. The summed E-state index contributed by atoms with van der Waals surface area (Å²) in [4.78, 5) is 3.17. The second-order valence-corrected chi connectivity index (χ2v) is 2.85. The quantitative estimate of drug-likeness (QED) is 0.825. The van der Waals surface area contributed by atoms with Crippen LogP contribution < -0.4 is 5.73 Å². The fourth-order valence-electron chi connectivity index (χ4n) is 0.935. The van der Waals surface area contributed by atoms with Crippen molar-refractivity contribution < 1.29 is 17.7 Å². The summed E-state index contributed by atoms with van der Waals surface area (Å²) in [6.07, 6.45) is -3.32. The van der Waals surface area contributed by atoms with E-state index in [1.54, 1.807) is 0 Å². The first-order chi connectivity index (χ1) is 6.45. The Labute approximate surface area is 78.3 Å². The Kier molecular flexibility index (Phi) is 3.10. The van der Waals surface area contributed by atoms with Crippen LogP contribution in [-0.4, -0.2) is 10.1 Å². The Morgan fingerprint density at radius 2 is 2.14 bits per heavy atom. The molecular formula is C7H10F3N3O. The average Bonchev–Trinajstić information content (AvgIpc) is 2.51. The van der Waals surface area contributed by atoms with E-state index in [2.05, 4.69) is 14.7 Å². The largest absolute Gasteiger partial charge is 0.455 e. The zero-order chi connectivity index (χ0) is 10.8. The van der Waals surface area contributed by atoms with Crippen LogP contribution in [0.15, 0.2) is 4.52 Å². The third kappa shape index (κ3) is 2.44. The number of hydrogen-bond acceptors (Lipinski definition) is 4. The highest BCUT2D eigenvalue weighted by atomic mass is 19.4. The summed E-state index contributed by atoms with van der Waals surface area (Å²) in [5.41, 5.74) is 5.50. The molecular weight excluding hydrogens is 199 g/mol. The van der Waals surface area contributed by atoms with Crippen LogP contribution in [0.4, 0.5) is 13.2 Å².